The predicted octanol–water partition coefficient (Wildman–Crippen LogP) is 3.93. The lowest BCUT2D eigenvalue weighted by Crippen LogP contribution is -2.27. The first-order valence-electron chi connectivity index (χ1n) is 13.5. The number of benzene rings is 2. The number of rotatable bonds is 7. The number of para-hydroxylation sites is 1. The number of likely N-dealkylation sites (tertiary alicyclic amines) is 1. The number of esters is 1. The summed E-state index contributed by atoms with van der Waals surface area (Å²) in [5.41, 5.74) is 3.65. The Kier molecular flexibility index (Phi) is 6.82. The number of anilines is 1. The quantitative estimate of drug-likeness (QED) is 0.190. The van der Waals surface area contributed by atoms with Crippen LogP contribution in [0.3, 0.4) is 0 Å². The van der Waals surface area contributed by atoms with Crippen molar-refractivity contribution in [2.45, 2.75) is 6.42 Å². The number of methoxy groups -OCH3 is 2. The molecule has 0 amide bonds. The van der Waals surface area contributed by atoms with E-state index in [1.807, 2.05) is 42.1 Å². The largest absolute Gasteiger partial charge is 0.496 e. The summed E-state index contributed by atoms with van der Waals surface area (Å²) in [5.74, 6) is 1.39. The van der Waals surface area contributed by atoms with Crippen molar-refractivity contribution >= 4 is 28.2 Å². The molecule has 2 atom stereocenters. The molecule has 0 unspecified atom stereocenters. The maximum absolute atomic E-state index is 12.7. The Morgan fingerprint density at radius 3 is 2.51 bits per heavy atom. The van der Waals surface area contributed by atoms with Crippen LogP contribution in [-0.2, 0) is 18.2 Å². The standard InChI is InChI=1S/C30H32N6O5/c1-33-13-19-15-35(16-20(19)14-33)25-11-27(40-3)18(9-26(25)36(38)39)10-28-31-12-22(30(37)41-4)29(32-28)23-17-34(2)24-8-6-5-7-21(23)24/h5-9,11-12,17,19-20H,10,13-16H2,1-4H3/t19-,20+. The minimum absolute atomic E-state index is 0.0367. The third kappa shape index (κ3) is 4.76. The maximum atomic E-state index is 12.7. The number of carbonyl (C=O) groups is 1. The molecule has 2 aromatic carbocycles. The molecule has 41 heavy (non-hydrogen) atoms. The van der Waals surface area contributed by atoms with E-state index in [1.165, 1.54) is 13.3 Å². The van der Waals surface area contributed by atoms with E-state index in [0.29, 0.717) is 40.4 Å². The molecule has 4 aromatic rings. The van der Waals surface area contributed by atoms with E-state index < -0.39 is 5.97 Å². The van der Waals surface area contributed by atoms with E-state index in [-0.39, 0.29) is 22.6 Å². The highest BCUT2D eigenvalue weighted by Gasteiger charge is 2.40. The van der Waals surface area contributed by atoms with Crippen molar-refractivity contribution in [2.24, 2.45) is 18.9 Å². The number of nitro benzene ring substituents is 1. The van der Waals surface area contributed by atoms with Gasteiger partial charge in [-0.2, -0.15) is 0 Å². The molecule has 6 rings (SSSR count). The number of aromatic nitrogens is 3. The van der Waals surface area contributed by atoms with Gasteiger partial charge < -0.3 is 23.8 Å². The van der Waals surface area contributed by atoms with Gasteiger partial charge in [0.15, 0.2) is 0 Å². The Bertz CT molecular complexity index is 1650. The summed E-state index contributed by atoms with van der Waals surface area (Å²) in [5, 5.41) is 13.2. The second-order valence-corrected chi connectivity index (χ2v) is 10.9. The third-order valence-electron chi connectivity index (χ3n) is 8.33. The molecule has 11 heteroatoms. The molecular weight excluding hydrogens is 524 g/mol. The van der Waals surface area contributed by atoms with Crippen LogP contribution in [0.2, 0.25) is 0 Å². The molecule has 0 saturated carbocycles. The monoisotopic (exact) mass is 556 g/mol. The number of nitrogens with zero attached hydrogens (tertiary/aromatic N) is 6. The zero-order chi connectivity index (χ0) is 28.8. The number of nitro groups is 1. The Morgan fingerprint density at radius 2 is 1.83 bits per heavy atom. The fraction of sp³-hybridized carbons (Fsp3) is 0.367. The minimum Gasteiger partial charge on any atom is -0.496 e. The lowest BCUT2D eigenvalue weighted by atomic mass is 10.0. The number of aryl methyl sites for hydroxylation is 1. The highest BCUT2D eigenvalue weighted by molar-refractivity contribution is 6.02. The van der Waals surface area contributed by atoms with Gasteiger partial charge in [-0.05, 0) is 24.9 Å². The molecule has 0 radical (unpaired) electrons. The first-order chi connectivity index (χ1) is 19.8. The lowest BCUT2D eigenvalue weighted by molar-refractivity contribution is -0.384. The summed E-state index contributed by atoms with van der Waals surface area (Å²) in [6, 6.07) is 11.2. The number of hydrogen-bond acceptors (Lipinski definition) is 9. The van der Waals surface area contributed by atoms with E-state index in [9.17, 15) is 14.9 Å². The smallest absolute Gasteiger partial charge is 0.341 e. The fourth-order valence-corrected chi connectivity index (χ4v) is 6.42. The summed E-state index contributed by atoms with van der Waals surface area (Å²) in [6.07, 6.45) is 3.56. The van der Waals surface area contributed by atoms with Crippen LogP contribution in [0.25, 0.3) is 22.2 Å². The Labute approximate surface area is 237 Å². The van der Waals surface area contributed by atoms with Crippen LogP contribution in [0.1, 0.15) is 21.7 Å². The zero-order valence-electron chi connectivity index (χ0n) is 23.5. The average molecular weight is 557 g/mol. The highest BCUT2D eigenvalue weighted by atomic mass is 16.6. The van der Waals surface area contributed by atoms with Gasteiger partial charge in [0.1, 0.15) is 22.8 Å². The second-order valence-electron chi connectivity index (χ2n) is 10.9. The zero-order valence-corrected chi connectivity index (χ0v) is 23.5. The Balaban J connectivity index is 1.39. The molecule has 2 aliphatic heterocycles. The minimum atomic E-state index is -0.543. The van der Waals surface area contributed by atoms with Gasteiger partial charge >= 0.3 is 5.97 Å². The molecule has 0 aliphatic carbocycles. The van der Waals surface area contributed by atoms with E-state index in [0.717, 1.165) is 42.6 Å². The van der Waals surface area contributed by atoms with Crippen molar-refractivity contribution in [3.63, 3.8) is 0 Å². The van der Waals surface area contributed by atoms with Crippen molar-refractivity contribution < 1.29 is 19.2 Å². The molecular formula is C30H32N6O5. The molecule has 2 saturated heterocycles. The van der Waals surface area contributed by atoms with E-state index in [1.54, 1.807) is 19.2 Å². The second kappa shape index (κ2) is 10.5. The SMILES string of the molecule is COC(=O)c1cnc(Cc2cc([N+](=O)[O-])c(N3C[C@H]4CN(C)C[C@H]4C3)cc2OC)nc1-c1cn(C)c2ccccc12. The number of hydrogen-bond donors (Lipinski definition) is 0. The van der Waals surface area contributed by atoms with Crippen molar-refractivity contribution in [1.82, 2.24) is 19.4 Å². The molecule has 0 bridgehead atoms. The van der Waals surface area contributed by atoms with Gasteiger partial charge in [-0.25, -0.2) is 14.8 Å². The normalized spacial score (nSPS) is 18.6. The van der Waals surface area contributed by atoms with Crippen molar-refractivity contribution in [3.05, 3.63) is 75.9 Å². The summed E-state index contributed by atoms with van der Waals surface area (Å²) in [4.78, 5) is 38.3. The molecule has 212 valence electrons. The average Bonchev–Trinajstić information content (AvgIpc) is 3.63. The number of fused-ring (bicyclic) bond motifs is 2. The fourth-order valence-electron chi connectivity index (χ4n) is 6.42. The Hall–Kier alpha value is -4.51. The molecule has 2 aromatic heterocycles. The van der Waals surface area contributed by atoms with Gasteiger partial charge in [-0.1, -0.05) is 18.2 Å². The summed E-state index contributed by atoms with van der Waals surface area (Å²) < 4.78 is 12.7. The van der Waals surface area contributed by atoms with Crippen LogP contribution in [0, 0.1) is 22.0 Å². The maximum Gasteiger partial charge on any atom is 0.341 e. The highest BCUT2D eigenvalue weighted by Crippen LogP contribution is 2.41. The van der Waals surface area contributed by atoms with E-state index in [2.05, 4.69) is 21.8 Å². The summed E-state index contributed by atoms with van der Waals surface area (Å²) in [7, 11) is 6.93. The Morgan fingerprint density at radius 1 is 1.10 bits per heavy atom. The van der Waals surface area contributed by atoms with Crippen molar-refractivity contribution in [2.75, 3.05) is 52.3 Å². The van der Waals surface area contributed by atoms with Crippen LogP contribution >= 0.6 is 0 Å². The van der Waals surface area contributed by atoms with E-state index in [4.69, 9.17) is 14.5 Å². The number of ether oxygens (including phenoxy) is 2. The van der Waals surface area contributed by atoms with Gasteiger partial charge in [0.05, 0.1) is 24.8 Å². The van der Waals surface area contributed by atoms with Crippen molar-refractivity contribution in [3.8, 4) is 17.0 Å². The van der Waals surface area contributed by atoms with Crippen LogP contribution < -0.4 is 9.64 Å². The van der Waals surface area contributed by atoms with Gasteiger partial charge in [0.25, 0.3) is 5.69 Å². The van der Waals surface area contributed by atoms with Gasteiger partial charge in [-0.15, -0.1) is 0 Å². The van der Waals surface area contributed by atoms with Crippen LogP contribution in [0.5, 0.6) is 5.75 Å². The van der Waals surface area contributed by atoms with Gasteiger partial charge in [0, 0.05) is 86.2 Å². The van der Waals surface area contributed by atoms with Crippen molar-refractivity contribution in [1.29, 1.82) is 0 Å². The summed E-state index contributed by atoms with van der Waals surface area (Å²) in [6.45, 7) is 3.57. The van der Waals surface area contributed by atoms with Gasteiger partial charge in [-0.3, -0.25) is 10.1 Å². The van der Waals surface area contributed by atoms with Crippen LogP contribution in [0.15, 0.2) is 48.8 Å². The first kappa shape index (κ1) is 26.7. The lowest BCUT2D eigenvalue weighted by Gasteiger charge is -2.22. The van der Waals surface area contributed by atoms with Crippen LogP contribution in [0.4, 0.5) is 11.4 Å². The summed E-state index contributed by atoms with van der Waals surface area (Å²) >= 11 is 0. The molecule has 11 nitrogen and oxygen atoms in total. The molecule has 0 spiro atoms. The molecule has 2 aliphatic rings. The first-order valence-corrected chi connectivity index (χ1v) is 13.5. The topological polar surface area (TPSA) is 116 Å². The number of carbonyl (C=O) groups excluding carboxylic acids is 1. The molecule has 0 N–H and O–H groups in total. The predicted molar refractivity (Wildman–Crippen MR) is 154 cm³/mol. The molecule has 2 fully saturated rings. The third-order valence-corrected chi connectivity index (χ3v) is 8.33. The van der Waals surface area contributed by atoms with Crippen LogP contribution in [-0.4, -0.2) is 77.8 Å². The molecule has 4 heterocycles. The van der Waals surface area contributed by atoms with E-state index >= 15 is 0 Å². The van der Waals surface area contributed by atoms with Gasteiger partial charge in [0.2, 0.25) is 0 Å².